The van der Waals surface area contributed by atoms with Crippen LogP contribution in [0.5, 0.6) is 0 Å². The molecule has 0 saturated heterocycles. The van der Waals surface area contributed by atoms with Crippen LogP contribution in [-0.4, -0.2) is 5.71 Å². The van der Waals surface area contributed by atoms with Crippen molar-refractivity contribution in [3.05, 3.63) is 35.9 Å². The zero-order valence-electron chi connectivity index (χ0n) is 8.62. The van der Waals surface area contributed by atoms with Crippen molar-refractivity contribution < 1.29 is 0 Å². The van der Waals surface area contributed by atoms with Crippen LogP contribution in [-0.2, 0) is 0 Å². The Hall–Kier alpha value is -1.11. The molecule has 1 nitrogen and oxygen atoms in total. The highest BCUT2D eigenvalue weighted by Gasteiger charge is 2.01. The van der Waals surface area contributed by atoms with Gasteiger partial charge in [-0.15, -0.1) is 0 Å². The minimum absolute atomic E-state index is 0.293. The van der Waals surface area contributed by atoms with Gasteiger partial charge in [0.1, 0.15) is 0 Å². The molecule has 70 valence electrons. The fourth-order valence-corrected chi connectivity index (χ4v) is 1.23. The lowest BCUT2D eigenvalue weighted by molar-refractivity contribution is 0.814. The Morgan fingerprint density at radius 3 is 2.46 bits per heavy atom. The molecule has 0 saturated carbocycles. The fraction of sp³-hybridized carbons (Fsp3) is 0.417. The van der Waals surface area contributed by atoms with Crippen LogP contribution < -0.4 is 0 Å². The molecule has 1 rings (SSSR count). The zero-order chi connectivity index (χ0) is 9.68. The van der Waals surface area contributed by atoms with Crippen molar-refractivity contribution in [1.82, 2.24) is 0 Å². The summed E-state index contributed by atoms with van der Waals surface area (Å²) < 4.78 is 0. The molecule has 0 radical (unpaired) electrons. The maximum atomic E-state index is 4.58. The van der Waals surface area contributed by atoms with Crippen LogP contribution in [0.4, 0.5) is 0 Å². The van der Waals surface area contributed by atoms with Gasteiger partial charge >= 0.3 is 0 Å². The molecule has 0 aliphatic rings. The summed E-state index contributed by atoms with van der Waals surface area (Å²) in [6.07, 6.45) is 1.04. The van der Waals surface area contributed by atoms with Crippen molar-refractivity contribution in [2.75, 3.05) is 0 Å². The van der Waals surface area contributed by atoms with Gasteiger partial charge in [-0.2, -0.15) is 0 Å². The largest absolute Gasteiger partial charge is 0.287 e. The van der Waals surface area contributed by atoms with Crippen LogP contribution in [0.15, 0.2) is 35.3 Å². The number of benzene rings is 1. The van der Waals surface area contributed by atoms with Crippen molar-refractivity contribution in [1.29, 1.82) is 0 Å². The van der Waals surface area contributed by atoms with Crippen molar-refractivity contribution >= 4 is 5.71 Å². The predicted octanol–water partition coefficient (Wildman–Crippen LogP) is 3.62. The predicted molar refractivity (Wildman–Crippen MR) is 58.3 cm³/mol. The van der Waals surface area contributed by atoms with Gasteiger partial charge < -0.3 is 0 Å². The Balaban J connectivity index is 2.75. The maximum absolute atomic E-state index is 4.58. The topological polar surface area (TPSA) is 12.4 Å². The van der Waals surface area contributed by atoms with E-state index in [1.165, 1.54) is 11.3 Å². The van der Waals surface area contributed by atoms with E-state index in [1.807, 2.05) is 6.07 Å². The molecule has 1 aromatic carbocycles. The first-order chi connectivity index (χ1) is 6.24. The van der Waals surface area contributed by atoms with Gasteiger partial charge in [-0.05, 0) is 25.8 Å². The molecule has 0 bridgehead atoms. The maximum Gasteiger partial charge on any atom is 0.0720 e. The number of hydrogen-bond donors (Lipinski definition) is 0. The molecule has 0 aliphatic carbocycles. The molecule has 0 N–H and O–H groups in total. The molecule has 0 spiro atoms. The van der Waals surface area contributed by atoms with E-state index in [-0.39, 0.29) is 0 Å². The summed E-state index contributed by atoms with van der Waals surface area (Å²) in [4.78, 5) is 4.58. The van der Waals surface area contributed by atoms with Gasteiger partial charge in [-0.3, -0.25) is 4.99 Å². The van der Waals surface area contributed by atoms with E-state index in [4.69, 9.17) is 0 Å². The smallest absolute Gasteiger partial charge is 0.0720 e. The van der Waals surface area contributed by atoms with Gasteiger partial charge in [0.05, 0.1) is 6.04 Å². The number of hydrogen-bond acceptors (Lipinski definition) is 1. The third kappa shape index (κ3) is 3.02. The van der Waals surface area contributed by atoms with Crippen molar-refractivity contribution in [2.45, 2.75) is 33.2 Å². The Morgan fingerprint density at radius 1 is 1.31 bits per heavy atom. The number of aliphatic imine (C=N–C) groups is 1. The summed E-state index contributed by atoms with van der Waals surface area (Å²) in [5.41, 5.74) is 2.51. The molecule has 13 heavy (non-hydrogen) atoms. The molecule has 0 aliphatic heterocycles. The molecule has 0 amide bonds. The van der Waals surface area contributed by atoms with E-state index < -0.39 is 0 Å². The molecule has 0 aromatic heterocycles. The first-order valence-electron chi connectivity index (χ1n) is 4.82. The summed E-state index contributed by atoms with van der Waals surface area (Å²) in [6, 6.07) is 10.7. The number of nitrogens with zero attached hydrogens (tertiary/aromatic N) is 1. The molecular formula is C12H17N. The second-order valence-electron chi connectivity index (χ2n) is 3.30. The minimum Gasteiger partial charge on any atom is -0.287 e. The van der Waals surface area contributed by atoms with Crippen LogP contribution in [0.2, 0.25) is 0 Å². The van der Waals surface area contributed by atoms with Crippen molar-refractivity contribution in [2.24, 2.45) is 4.99 Å². The van der Waals surface area contributed by atoms with Crippen LogP contribution >= 0.6 is 0 Å². The Labute approximate surface area is 80.5 Å². The van der Waals surface area contributed by atoms with E-state index in [0.29, 0.717) is 6.04 Å². The lowest BCUT2D eigenvalue weighted by Crippen LogP contribution is -1.94. The highest BCUT2D eigenvalue weighted by molar-refractivity contribution is 5.81. The van der Waals surface area contributed by atoms with Crippen LogP contribution in [0.25, 0.3) is 0 Å². The third-order valence-corrected chi connectivity index (χ3v) is 2.21. The van der Waals surface area contributed by atoms with Gasteiger partial charge in [-0.1, -0.05) is 37.3 Å². The quantitative estimate of drug-likeness (QED) is 0.622. The average Bonchev–Trinajstić information content (AvgIpc) is 2.19. The van der Waals surface area contributed by atoms with Crippen LogP contribution in [0, 0.1) is 0 Å². The normalized spacial score (nSPS) is 14.2. The summed E-state index contributed by atoms with van der Waals surface area (Å²) in [6.45, 7) is 6.35. The SMILES string of the molecule is CCC(C)=N[C@@H](C)c1ccccc1. The Kier molecular flexibility index (Phi) is 3.69. The lowest BCUT2D eigenvalue weighted by atomic mass is 10.1. The monoisotopic (exact) mass is 175 g/mol. The highest BCUT2D eigenvalue weighted by atomic mass is 14.8. The number of rotatable bonds is 3. The average molecular weight is 175 g/mol. The lowest BCUT2D eigenvalue weighted by Gasteiger charge is -2.07. The standard InChI is InChI=1S/C12H17N/c1-4-10(2)13-11(3)12-8-6-5-7-9-12/h5-9,11H,4H2,1-3H3/t11-/m0/s1. The first-order valence-corrected chi connectivity index (χ1v) is 4.82. The summed E-state index contributed by atoms with van der Waals surface area (Å²) >= 11 is 0. The van der Waals surface area contributed by atoms with E-state index in [1.54, 1.807) is 0 Å². The van der Waals surface area contributed by atoms with Gasteiger partial charge in [0.15, 0.2) is 0 Å². The van der Waals surface area contributed by atoms with Crippen molar-refractivity contribution in [3.8, 4) is 0 Å². The Bertz CT molecular complexity index is 274. The molecule has 1 atom stereocenters. The van der Waals surface area contributed by atoms with Gasteiger partial charge in [0.25, 0.3) is 0 Å². The molecule has 0 unspecified atom stereocenters. The summed E-state index contributed by atoms with van der Waals surface area (Å²) in [7, 11) is 0. The van der Waals surface area contributed by atoms with Gasteiger partial charge in [0.2, 0.25) is 0 Å². The molecule has 0 heterocycles. The molecule has 1 heteroatoms. The fourth-order valence-electron chi connectivity index (χ4n) is 1.23. The second-order valence-corrected chi connectivity index (χ2v) is 3.30. The first kappa shape index (κ1) is 9.97. The Morgan fingerprint density at radius 2 is 1.92 bits per heavy atom. The molecule has 0 fully saturated rings. The highest BCUT2D eigenvalue weighted by Crippen LogP contribution is 2.16. The van der Waals surface area contributed by atoms with Crippen LogP contribution in [0.3, 0.4) is 0 Å². The van der Waals surface area contributed by atoms with E-state index in [0.717, 1.165) is 6.42 Å². The second kappa shape index (κ2) is 4.80. The molecule has 1 aromatic rings. The van der Waals surface area contributed by atoms with Crippen LogP contribution in [0.1, 0.15) is 38.8 Å². The molecular weight excluding hydrogens is 158 g/mol. The van der Waals surface area contributed by atoms with Gasteiger partial charge in [-0.25, -0.2) is 0 Å². The zero-order valence-corrected chi connectivity index (χ0v) is 8.62. The van der Waals surface area contributed by atoms with Crippen molar-refractivity contribution in [3.63, 3.8) is 0 Å². The van der Waals surface area contributed by atoms with Gasteiger partial charge in [0, 0.05) is 5.71 Å². The minimum atomic E-state index is 0.293. The third-order valence-electron chi connectivity index (χ3n) is 2.21. The summed E-state index contributed by atoms with van der Waals surface area (Å²) in [5.74, 6) is 0. The van der Waals surface area contributed by atoms with E-state index in [9.17, 15) is 0 Å². The summed E-state index contributed by atoms with van der Waals surface area (Å²) in [5, 5.41) is 0. The van der Waals surface area contributed by atoms with E-state index >= 15 is 0 Å². The van der Waals surface area contributed by atoms with E-state index in [2.05, 4.69) is 50.0 Å².